The van der Waals surface area contributed by atoms with Crippen molar-refractivity contribution >= 4 is 29.9 Å². The molecule has 0 atom stereocenters. The van der Waals surface area contributed by atoms with Gasteiger partial charge in [0.25, 0.3) is 0 Å². The third kappa shape index (κ3) is 5.47. The van der Waals surface area contributed by atoms with Crippen LogP contribution in [0, 0.1) is 0 Å². The number of rotatable bonds is 6. The van der Waals surface area contributed by atoms with E-state index >= 15 is 0 Å². The van der Waals surface area contributed by atoms with Crippen molar-refractivity contribution in [3.05, 3.63) is 48.8 Å². The van der Waals surface area contributed by atoms with Crippen LogP contribution in [0.15, 0.2) is 48.2 Å². The Morgan fingerprint density at radius 2 is 2.27 bits per heavy atom. The van der Waals surface area contributed by atoms with Gasteiger partial charge in [0, 0.05) is 18.7 Å². The van der Waals surface area contributed by atoms with Crippen molar-refractivity contribution < 1.29 is 0 Å². The maximum atomic E-state index is 4.54. The van der Waals surface area contributed by atoms with E-state index in [9.17, 15) is 0 Å². The molecule has 6 nitrogen and oxygen atoms in total. The van der Waals surface area contributed by atoms with Crippen molar-refractivity contribution in [2.75, 3.05) is 13.1 Å². The molecule has 22 heavy (non-hydrogen) atoms. The number of nitrogens with one attached hydrogen (secondary N) is 3. The summed E-state index contributed by atoms with van der Waals surface area (Å²) < 4.78 is 0. The van der Waals surface area contributed by atoms with Crippen LogP contribution >= 0.6 is 24.0 Å². The highest BCUT2D eigenvalue weighted by Crippen LogP contribution is 2.15. The largest absolute Gasteiger partial charge is 0.357 e. The van der Waals surface area contributed by atoms with E-state index in [4.69, 9.17) is 0 Å². The normalized spacial score (nSPS) is 10.7. The van der Waals surface area contributed by atoms with E-state index in [0.717, 1.165) is 29.5 Å². The van der Waals surface area contributed by atoms with Crippen LogP contribution in [0.1, 0.15) is 12.5 Å². The summed E-state index contributed by atoms with van der Waals surface area (Å²) in [7, 11) is 0. The minimum absolute atomic E-state index is 0. The molecule has 0 saturated carbocycles. The first kappa shape index (κ1) is 18.1. The lowest BCUT2D eigenvalue weighted by Gasteiger charge is -2.09. The summed E-state index contributed by atoms with van der Waals surface area (Å²) in [4.78, 5) is 8.70. The molecule has 3 N–H and O–H groups in total. The molecule has 1 aromatic carbocycles. The highest BCUT2D eigenvalue weighted by molar-refractivity contribution is 14.0. The molecule has 0 amide bonds. The number of hydrogen-bond donors (Lipinski definition) is 3. The molecule has 118 valence electrons. The number of halogens is 1. The van der Waals surface area contributed by atoms with E-state index in [-0.39, 0.29) is 24.0 Å². The standard InChI is InChI=1S/C15H20N6.HI/c1-3-8-17-15(16-4-2)18-10-12-6-5-7-13(9-12)14-19-11-20-21-14;/h3,5-7,9,11H,1,4,8,10H2,2H3,(H2,16,17,18)(H,19,20,21);1H. The van der Waals surface area contributed by atoms with Crippen LogP contribution < -0.4 is 10.6 Å². The van der Waals surface area contributed by atoms with Crippen LogP contribution in [0.25, 0.3) is 11.4 Å². The van der Waals surface area contributed by atoms with Crippen LogP contribution in [0.2, 0.25) is 0 Å². The van der Waals surface area contributed by atoms with E-state index in [2.05, 4.69) is 43.5 Å². The topological polar surface area (TPSA) is 78.0 Å². The Bertz CT molecular complexity index is 594. The van der Waals surface area contributed by atoms with Gasteiger partial charge in [-0.25, -0.2) is 9.98 Å². The van der Waals surface area contributed by atoms with Gasteiger partial charge < -0.3 is 10.6 Å². The second-order valence-corrected chi connectivity index (χ2v) is 4.40. The van der Waals surface area contributed by atoms with Crippen molar-refractivity contribution in [2.45, 2.75) is 13.5 Å². The van der Waals surface area contributed by atoms with Gasteiger partial charge in [-0.15, -0.1) is 30.6 Å². The summed E-state index contributed by atoms with van der Waals surface area (Å²) in [6.45, 7) is 7.82. The zero-order chi connectivity index (χ0) is 14.9. The molecular weight excluding hydrogens is 391 g/mol. The number of nitrogens with zero attached hydrogens (tertiary/aromatic N) is 3. The Balaban J connectivity index is 0.00000242. The van der Waals surface area contributed by atoms with Crippen molar-refractivity contribution in [1.29, 1.82) is 0 Å². The van der Waals surface area contributed by atoms with E-state index in [1.54, 1.807) is 6.08 Å². The number of aliphatic imine (C=N–C) groups is 1. The number of aromatic amines is 1. The average molecular weight is 412 g/mol. The van der Waals surface area contributed by atoms with Gasteiger partial charge in [0.05, 0.1) is 6.54 Å². The van der Waals surface area contributed by atoms with Crippen molar-refractivity contribution in [3.63, 3.8) is 0 Å². The Morgan fingerprint density at radius 1 is 1.41 bits per heavy atom. The van der Waals surface area contributed by atoms with E-state index in [0.29, 0.717) is 13.1 Å². The molecule has 0 fully saturated rings. The molecule has 0 radical (unpaired) electrons. The number of benzene rings is 1. The molecule has 0 aliphatic carbocycles. The summed E-state index contributed by atoms with van der Waals surface area (Å²) in [6, 6.07) is 8.09. The first-order valence-corrected chi connectivity index (χ1v) is 6.91. The molecule has 0 aliphatic heterocycles. The van der Waals surface area contributed by atoms with Gasteiger partial charge in [0.15, 0.2) is 11.8 Å². The Labute approximate surface area is 147 Å². The Kier molecular flexibility index (Phi) is 8.19. The first-order valence-electron chi connectivity index (χ1n) is 6.91. The predicted octanol–water partition coefficient (Wildman–Crippen LogP) is 2.33. The SMILES string of the molecule is C=CCNC(=NCc1cccc(-c2ncn[nH]2)c1)NCC.I. The van der Waals surface area contributed by atoms with Gasteiger partial charge in [0.2, 0.25) is 0 Å². The second kappa shape index (κ2) is 9.93. The average Bonchev–Trinajstić information content (AvgIpc) is 3.05. The van der Waals surface area contributed by atoms with E-state index < -0.39 is 0 Å². The van der Waals surface area contributed by atoms with Crippen LogP contribution in [0.4, 0.5) is 0 Å². The first-order chi connectivity index (χ1) is 10.3. The lowest BCUT2D eigenvalue weighted by Crippen LogP contribution is -2.37. The number of guanidine groups is 1. The van der Waals surface area contributed by atoms with Crippen LogP contribution in [-0.2, 0) is 6.54 Å². The monoisotopic (exact) mass is 412 g/mol. The molecule has 1 heterocycles. The van der Waals surface area contributed by atoms with Crippen LogP contribution in [-0.4, -0.2) is 34.2 Å². The molecule has 1 aromatic heterocycles. The summed E-state index contributed by atoms with van der Waals surface area (Å²) in [5, 5.41) is 13.1. The minimum Gasteiger partial charge on any atom is -0.357 e. The van der Waals surface area contributed by atoms with E-state index in [1.807, 2.05) is 25.1 Å². The molecule has 0 aliphatic rings. The van der Waals surface area contributed by atoms with Crippen molar-refractivity contribution in [1.82, 2.24) is 25.8 Å². The highest BCUT2D eigenvalue weighted by atomic mass is 127. The molecule has 0 bridgehead atoms. The van der Waals surface area contributed by atoms with Gasteiger partial charge in [-0.1, -0.05) is 24.3 Å². The fourth-order valence-electron chi connectivity index (χ4n) is 1.84. The molecule has 7 heteroatoms. The summed E-state index contributed by atoms with van der Waals surface area (Å²) in [5.41, 5.74) is 2.11. The third-order valence-corrected chi connectivity index (χ3v) is 2.79. The lowest BCUT2D eigenvalue weighted by molar-refractivity contribution is 0.860. The molecular formula is C15H21IN6. The summed E-state index contributed by atoms with van der Waals surface area (Å²) in [5.74, 6) is 1.54. The zero-order valence-electron chi connectivity index (χ0n) is 12.5. The molecule has 2 rings (SSSR count). The van der Waals surface area contributed by atoms with Crippen LogP contribution in [0.5, 0.6) is 0 Å². The Hall–Kier alpha value is -1.90. The van der Waals surface area contributed by atoms with E-state index in [1.165, 1.54) is 6.33 Å². The molecule has 0 unspecified atom stereocenters. The van der Waals surface area contributed by atoms with Gasteiger partial charge in [-0.2, -0.15) is 5.10 Å². The number of hydrogen-bond acceptors (Lipinski definition) is 3. The molecule has 2 aromatic rings. The minimum atomic E-state index is 0. The number of H-pyrrole nitrogens is 1. The van der Waals surface area contributed by atoms with Gasteiger partial charge in [-0.05, 0) is 18.6 Å². The Morgan fingerprint density at radius 3 is 2.95 bits per heavy atom. The third-order valence-electron chi connectivity index (χ3n) is 2.79. The quantitative estimate of drug-likeness (QED) is 0.295. The van der Waals surface area contributed by atoms with Crippen molar-refractivity contribution in [2.24, 2.45) is 4.99 Å². The fraction of sp³-hybridized carbons (Fsp3) is 0.267. The predicted molar refractivity (Wildman–Crippen MR) is 100 cm³/mol. The van der Waals surface area contributed by atoms with Gasteiger partial charge in [0.1, 0.15) is 6.33 Å². The van der Waals surface area contributed by atoms with Gasteiger partial charge >= 0.3 is 0 Å². The number of aromatic nitrogens is 3. The zero-order valence-corrected chi connectivity index (χ0v) is 14.9. The molecule has 0 spiro atoms. The van der Waals surface area contributed by atoms with Crippen LogP contribution in [0.3, 0.4) is 0 Å². The highest BCUT2D eigenvalue weighted by Gasteiger charge is 2.02. The fourth-order valence-corrected chi connectivity index (χ4v) is 1.84. The lowest BCUT2D eigenvalue weighted by atomic mass is 10.1. The summed E-state index contributed by atoms with van der Waals surface area (Å²) >= 11 is 0. The van der Waals surface area contributed by atoms with Crippen molar-refractivity contribution in [3.8, 4) is 11.4 Å². The second-order valence-electron chi connectivity index (χ2n) is 4.40. The van der Waals surface area contributed by atoms with Gasteiger partial charge in [-0.3, -0.25) is 5.10 Å². The maximum Gasteiger partial charge on any atom is 0.191 e. The molecule has 0 saturated heterocycles. The maximum absolute atomic E-state index is 4.54. The summed E-state index contributed by atoms with van der Waals surface area (Å²) in [6.07, 6.45) is 3.31. The smallest absolute Gasteiger partial charge is 0.191 e.